The maximum absolute atomic E-state index is 11.6. The monoisotopic (exact) mass is 594 g/mol. The Kier molecular flexibility index (Phi) is 17.0. The third-order valence-corrected chi connectivity index (χ3v) is 9.56. The topological polar surface area (TPSA) is 105 Å². The lowest BCUT2D eigenvalue weighted by molar-refractivity contribution is -0.139. The minimum absolute atomic E-state index is 0.0475. The highest BCUT2D eigenvalue weighted by molar-refractivity contribution is 5.90. The number of ether oxygens (including phenoxy) is 3. The molecule has 8 atom stereocenters. The smallest absolute Gasteiger partial charge is 0.334 e. The molecule has 0 aromatic carbocycles. The molecule has 0 amide bonds. The second kappa shape index (κ2) is 20.1. The molecule has 3 aliphatic rings. The largest absolute Gasteiger partial charge is 0.455 e. The van der Waals surface area contributed by atoms with Gasteiger partial charge in [0.15, 0.2) is 0 Å². The lowest BCUT2D eigenvalue weighted by Crippen LogP contribution is -2.33. The van der Waals surface area contributed by atoms with E-state index in [0.29, 0.717) is 6.42 Å². The summed E-state index contributed by atoms with van der Waals surface area (Å²) in [5.74, 6) is -0.202. The summed E-state index contributed by atoms with van der Waals surface area (Å²) in [6.45, 7) is 4.10. The molecule has 0 aromatic rings. The van der Waals surface area contributed by atoms with Gasteiger partial charge >= 0.3 is 5.97 Å². The minimum Gasteiger partial charge on any atom is -0.455 e. The Hall–Kier alpha value is -0.990. The van der Waals surface area contributed by atoms with E-state index in [1.807, 2.05) is 13.0 Å². The van der Waals surface area contributed by atoms with Gasteiger partial charge in [0.05, 0.1) is 42.7 Å². The van der Waals surface area contributed by atoms with Crippen LogP contribution in [0.3, 0.4) is 0 Å². The average molecular weight is 595 g/mol. The van der Waals surface area contributed by atoms with Crippen LogP contribution in [0.15, 0.2) is 11.6 Å². The van der Waals surface area contributed by atoms with Gasteiger partial charge in [-0.1, -0.05) is 84.0 Å². The highest BCUT2D eigenvalue weighted by atomic mass is 16.6. The highest BCUT2D eigenvalue weighted by Crippen LogP contribution is 2.34. The minimum atomic E-state index is -0.411. The molecule has 8 unspecified atom stereocenters. The molecule has 3 heterocycles. The number of esters is 1. The molecule has 2 saturated heterocycles. The van der Waals surface area contributed by atoms with E-state index in [9.17, 15) is 20.1 Å². The van der Waals surface area contributed by atoms with Crippen molar-refractivity contribution in [1.82, 2.24) is 0 Å². The van der Waals surface area contributed by atoms with E-state index >= 15 is 0 Å². The molecule has 3 rings (SSSR count). The molecular weight excluding hydrogens is 532 g/mol. The van der Waals surface area contributed by atoms with E-state index in [4.69, 9.17) is 14.2 Å². The molecule has 0 aliphatic carbocycles. The van der Waals surface area contributed by atoms with Crippen LogP contribution in [0.4, 0.5) is 0 Å². The van der Waals surface area contributed by atoms with Crippen LogP contribution in [0.2, 0.25) is 0 Å². The summed E-state index contributed by atoms with van der Waals surface area (Å²) < 4.78 is 17.6. The van der Waals surface area contributed by atoms with Crippen molar-refractivity contribution in [3.05, 3.63) is 11.6 Å². The number of hydrogen-bond donors (Lipinski definition) is 3. The molecule has 0 radical (unpaired) electrons. The summed E-state index contributed by atoms with van der Waals surface area (Å²) in [6.07, 6.45) is 23.0. The molecule has 3 N–H and O–H groups in total. The Labute approximate surface area is 255 Å². The molecule has 7 heteroatoms. The first-order valence-corrected chi connectivity index (χ1v) is 17.6. The van der Waals surface area contributed by atoms with Gasteiger partial charge in [-0.05, 0) is 77.2 Å². The van der Waals surface area contributed by atoms with Gasteiger partial charge in [0.1, 0.15) is 6.10 Å². The Morgan fingerprint density at radius 3 is 1.67 bits per heavy atom. The van der Waals surface area contributed by atoms with E-state index in [2.05, 4.69) is 6.92 Å². The van der Waals surface area contributed by atoms with Crippen molar-refractivity contribution in [3.63, 3.8) is 0 Å². The maximum atomic E-state index is 11.6. The molecule has 0 saturated carbocycles. The van der Waals surface area contributed by atoms with Gasteiger partial charge in [0, 0.05) is 5.57 Å². The maximum Gasteiger partial charge on any atom is 0.334 e. The SMILES string of the molecule is CCCCCCCCC(O)C1CCC(C2CCC(C(O)CCCCCCCCC(O)CCCC3=CC(C)OC3=O)O2)O1. The highest BCUT2D eigenvalue weighted by Gasteiger charge is 2.40. The number of carbonyl (C=O) groups excluding carboxylic acids is 1. The summed E-state index contributed by atoms with van der Waals surface area (Å²) in [4.78, 5) is 11.6. The number of hydrogen-bond acceptors (Lipinski definition) is 7. The number of unbranched alkanes of at least 4 members (excludes halogenated alkanes) is 10. The predicted octanol–water partition coefficient (Wildman–Crippen LogP) is 7.08. The van der Waals surface area contributed by atoms with Crippen LogP contribution in [-0.2, 0) is 19.0 Å². The van der Waals surface area contributed by atoms with E-state index < -0.39 is 6.10 Å². The molecule has 42 heavy (non-hydrogen) atoms. The quantitative estimate of drug-likeness (QED) is 0.0858. The van der Waals surface area contributed by atoms with Crippen LogP contribution >= 0.6 is 0 Å². The van der Waals surface area contributed by atoms with Crippen LogP contribution in [0, 0.1) is 0 Å². The second-order valence-electron chi connectivity index (χ2n) is 13.3. The fourth-order valence-electron chi connectivity index (χ4n) is 6.93. The fraction of sp³-hybridized carbons (Fsp3) is 0.914. The van der Waals surface area contributed by atoms with Crippen LogP contribution in [0.5, 0.6) is 0 Å². The van der Waals surface area contributed by atoms with Gasteiger partial charge in [-0.25, -0.2) is 4.79 Å². The van der Waals surface area contributed by atoms with Gasteiger partial charge in [0.25, 0.3) is 0 Å². The Balaban J connectivity index is 1.14. The number of cyclic esters (lactones) is 1. The Morgan fingerprint density at radius 2 is 1.17 bits per heavy atom. The van der Waals surface area contributed by atoms with Crippen LogP contribution in [0.1, 0.15) is 155 Å². The van der Waals surface area contributed by atoms with Crippen LogP contribution < -0.4 is 0 Å². The standard InChI is InChI=1S/C35H62O7/c1-3-4-5-6-10-13-19-29(37)31-21-23-33(41-31)34-24-22-32(42-34)30(38)20-14-11-8-7-9-12-17-28(36)18-15-16-27-25-26(2)40-35(27)39/h25-26,28-34,36-38H,3-24H2,1-2H3. The van der Waals surface area contributed by atoms with Crippen molar-refractivity contribution < 1.29 is 34.3 Å². The molecule has 0 aromatic heterocycles. The average Bonchev–Trinajstić information content (AvgIpc) is 3.72. The first-order valence-electron chi connectivity index (χ1n) is 17.6. The van der Waals surface area contributed by atoms with Crippen molar-refractivity contribution in [3.8, 4) is 0 Å². The van der Waals surface area contributed by atoms with Gasteiger partial charge in [-0.15, -0.1) is 0 Å². The lowest BCUT2D eigenvalue weighted by Gasteiger charge is -2.24. The van der Waals surface area contributed by atoms with E-state index in [-0.39, 0.29) is 48.7 Å². The molecule has 2 fully saturated rings. The zero-order valence-corrected chi connectivity index (χ0v) is 26.7. The van der Waals surface area contributed by atoms with E-state index in [1.54, 1.807) is 0 Å². The Bertz CT molecular complexity index is 770. The third kappa shape index (κ3) is 12.9. The van der Waals surface area contributed by atoms with Gasteiger partial charge in [0.2, 0.25) is 0 Å². The van der Waals surface area contributed by atoms with Gasteiger partial charge in [-0.3, -0.25) is 0 Å². The van der Waals surface area contributed by atoms with Crippen molar-refractivity contribution in [1.29, 1.82) is 0 Å². The molecule has 3 aliphatic heterocycles. The van der Waals surface area contributed by atoms with E-state index in [0.717, 1.165) is 108 Å². The van der Waals surface area contributed by atoms with Gasteiger partial charge in [-0.2, -0.15) is 0 Å². The molecule has 7 nitrogen and oxygen atoms in total. The number of aliphatic hydroxyl groups is 3. The van der Waals surface area contributed by atoms with Crippen molar-refractivity contribution >= 4 is 5.97 Å². The summed E-state index contributed by atoms with van der Waals surface area (Å²) in [5.41, 5.74) is 0.755. The molecular formula is C35H62O7. The van der Waals surface area contributed by atoms with Crippen molar-refractivity contribution in [2.45, 2.75) is 204 Å². The third-order valence-electron chi connectivity index (χ3n) is 9.56. The molecule has 0 bridgehead atoms. The molecule has 244 valence electrons. The zero-order valence-electron chi connectivity index (χ0n) is 26.7. The summed E-state index contributed by atoms with van der Waals surface area (Å²) >= 11 is 0. The molecule has 0 spiro atoms. The fourth-order valence-corrected chi connectivity index (χ4v) is 6.93. The van der Waals surface area contributed by atoms with Crippen molar-refractivity contribution in [2.24, 2.45) is 0 Å². The summed E-state index contributed by atoms with van der Waals surface area (Å²) in [7, 11) is 0. The Morgan fingerprint density at radius 1 is 0.690 bits per heavy atom. The summed E-state index contributed by atoms with van der Waals surface area (Å²) in [5, 5.41) is 31.6. The first kappa shape index (κ1) is 35.5. The van der Waals surface area contributed by atoms with E-state index in [1.165, 1.54) is 32.1 Å². The van der Waals surface area contributed by atoms with Crippen molar-refractivity contribution in [2.75, 3.05) is 0 Å². The number of aliphatic hydroxyl groups excluding tert-OH is 3. The number of carbonyl (C=O) groups is 1. The second-order valence-corrected chi connectivity index (χ2v) is 13.3. The summed E-state index contributed by atoms with van der Waals surface area (Å²) in [6, 6.07) is 0. The zero-order chi connectivity index (χ0) is 30.2. The number of rotatable bonds is 23. The first-order chi connectivity index (χ1) is 20.4. The van der Waals surface area contributed by atoms with Gasteiger partial charge < -0.3 is 29.5 Å². The predicted molar refractivity (Wildman–Crippen MR) is 166 cm³/mol. The van der Waals surface area contributed by atoms with Crippen LogP contribution in [0.25, 0.3) is 0 Å². The van der Waals surface area contributed by atoms with Crippen LogP contribution in [-0.4, -0.2) is 70.1 Å². The normalized spacial score (nSPS) is 28.2. The lowest BCUT2D eigenvalue weighted by atomic mass is 10.00.